The van der Waals surface area contributed by atoms with E-state index in [9.17, 15) is 9.90 Å². The largest absolute Gasteiger partial charge is 0.396 e. The summed E-state index contributed by atoms with van der Waals surface area (Å²) < 4.78 is 0. The molecule has 2 rings (SSSR count). The van der Waals surface area contributed by atoms with Crippen LogP contribution in [0.5, 0.6) is 0 Å². The van der Waals surface area contributed by atoms with Gasteiger partial charge in [-0.05, 0) is 25.1 Å². The third-order valence-corrected chi connectivity index (χ3v) is 4.40. The lowest BCUT2D eigenvalue weighted by Crippen LogP contribution is -2.33. The van der Waals surface area contributed by atoms with Crippen molar-refractivity contribution in [3.8, 4) is 6.07 Å². The fraction of sp³-hybridized carbons (Fsp3) is 0.529. The summed E-state index contributed by atoms with van der Waals surface area (Å²) in [5.41, 5.74) is 0.787. The summed E-state index contributed by atoms with van der Waals surface area (Å²) in [4.78, 5) is 16.4. The second-order valence-electron chi connectivity index (χ2n) is 6.06. The van der Waals surface area contributed by atoms with Crippen LogP contribution in [0.4, 0.5) is 0 Å². The molecular weight excluding hydrogens is 294 g/mol. The number of aliphatic hydroxyl groups excluding tert-OH is 2. The van der Waals surface area contributed by atoms with Crippen molar-refractivity contribution in [1.82, 2.24) is 9.80 Å². The number of hydrogen-bond acceptors (Lipinski definition) is 5. The minimum absolute atomic E-state index is 0.0225. The molecule has 1 saturated heterocycles. The summed E-state index contributed by atoms with van der Waals surface area (Å²) in [6.45, 7) is 2.45. The Morgan fingerprint density at radius 3 is 2.70 bits per heavy atom. The SMILES string of the molecule is CN(CCO)C[C@@H]1CN(C(=O)c2ccccc2C#N)C[C@@H]1CO. The first kappa shape index (κ1) is 17.4. The summed E-state index contributed by atoms with van der Waals surface area (Å²) >= 11 is 0. The molecule has 0 aromatic heterocycles. The molecule has 1 aliphatic heterocycles. The number of likely N-dealkylation sites (N-methyl/N-ethyl adjacent to an activating group) is 1. The van der Waals surface area contributed by atoms with Gasteiger partial charge in [-0.25, -0.2) is 0 Å². The molecular formula is C17H23N3O3. The second-order valence-corrected chi connectivity index (χ2v) is 6.06. The maximum absolute atomic E-state index is 12.7. The molecule has 1 aliphatic rings. The molecule has 2 N–H and O–H groups in total. The van der Waals surface area contributed by atoms with E-state index in [1.807, 2.05) is 11.9 Å². The van der Waals surface area contributed by atoms with Crippen molar-refractivity contribution in [2.45, 2.75) is 0 Å². The summed E-state index contributed by atoms with van der Waals surface area (Å²) in [6.07, 6.45) is 0. The van der Waals surface area contributed by atoms with Gasteiger partial charge in [-0.3, -0.25) is 4.79 Å². The number of rotatable bonds is 6. The Bertz CT molecular complexity index is 585. The number of nitriles is 1. The molecule has 6 nitrogen and oxygen atoms in total. The number of likely N-dealkylation sites (tertiary alicyclic amines) is 1. The third kappa shape index (κ3) is 4.08. The standard InChI is InChI=1S/C17H23N3O3/c1-19(6-7-21)9-14-10-20(11-15(14)12-22)17(23)16-5-3-2-4-13(16)8-18/h2-5,14-15,21-22H,6-7,9-12H2,1H3/t14-,15-/m1/s1. The van der Waals surface area contributed by atoms with Gasteiger partial charge in [0.05, 0.1) is 23.8 Å². The van der Waals surface area contributed by atoms with Crippen molar-refractivity contribution in [2.24, 2.45) is 11.8 Å². The Morgan fingerprint density at radius 2 is 2.04 bits per heavy atom. The highest BCUT2D eigenvalue weighted by Gasteiger charge is 2.36. The lowest BCUT2D eigenvalue weighted by molar-refractivity contribution is 0.0778. The lowest BCUT2D eigenvalue weighted by atomic mass is 9.96. The van der Waals surface area contributed by atoms with E-state index in [1.54, 1.807) is 29.2 Å². The van der Waals surface area contributed by atoms with Crippen molar-refractivity contribution in [2.75, 3.05) is 46.4 Å². The predicted molar refractivity (Wildman–Crippen MR) is 85.7 cm³/mol. The first-order valence-electron chi connectivity index (χ1n) is 7.79. The molecule has 0 aliphatic carbocycles. The first-order chi connectivity index (χ1) is 11.1. The molecule has 2 atom stereocenters. The van der Waals surface area contributed by atoms with Gasteiger partial charge in [0.25, 0.3) is 5.91 Å². The number of aliphatic hydroxyl groups is 2. The highest BCUT2D eigenvalue weighted by molar-refractivity contribution is 5.96. The van der Waals surface area contributed by atoms with Crippen LogP contribution in [0, 0.1) is 23.2 Å². The fourth-order valence-corrected chi connectivity index (χ4v) is 3.12. The van der Waals surface area contributed by atoms with Crippen LogP contribution in [-0.4, -0.2) is 72.4 Å². The number of carbonyl (C=O) groups excluding carboxylic acids is 1. The van der Waals surface area contributed by atoms with Crippen LogP contribution in [0.15, 0.2) is 24.3 Å². The topological polar surface area (TPSA) is 87.8 Å². The van der Waals surface area contributed by atoms with E-state index in [2.05, 4.69) is 6.07 Å². The molecule has 1 aromatic carbocycles. The predicted octanol–water partition coefficient (Wildman–Crippen LogP) is 0.163. The van der Waals surface area contributed by atoms with Gasteiger partial charge in [0.1, 0.15) is 0 Å². The molecule has 124 valence electrons. The second kappa shape index (κ2) is 8.06. The van der Waals surface area contributed by atoms with Crippen LogP contribution < -0.4 is 0 Å². The molecule has 1 amide bonds. The van der Waals surface area contributed by atoms with Crippen molar-refractivity contribution < 1.29 is 15.0 Å². The molecule has 23 heavy (non-hydrogen) atoms. The van der Waals surface area contributed by atoms with Crippen LogP contribution in [0.3, 0.4) is 0 Å². The Morgan fingerprint density at radius 1 is 1.35 bits per heavy atom. The number of hydrogen-bond donors (Lipinski definition) is 2. The lowest BCUT2D eigenvalue weighted by Gasteiger charge is -2.23. The van der Waals surface area contributed by atoms with Crippen molar-refractivity contribution >= 4 is 5.91 Å². The summed E-state index contributed by atoms with van der Waals surface area (Å²) in [7, 11) is 1.92. The van der Waals surface area contributed by atoms with E-state index >= 15 is 0 Å². The summed E-state index contributed by atoms with van der Waals surface area (Å²) in [6, 6.07) is 8.85. The monoisotopic (exact) mass is 317 g/mol. The van der Waals surface area contributed by atoms with Gasteiger partial charge < -0.3 is 20.0 Å². The van der Waals surface area contributed by atoms with Crippen LogP contribution >= 0.6 is 0 Å². The number of benzene rings is 1. The fourth-order valence-electron chi connectivity index (χ4n) is 3.12. The molecule has 0 saturated carbocycles. The Kier molecular flexibility index (Phi) is 6.11. The third-order valence-electron chi connectivity index (χ3n) is 4.40. The van der Waals surface area contributed by atoms with Crippen LogP contribution in [0.25, 0.3) is 0 Å². The molecule has 0 spiro atoms. The molecule has 0 bridgehead atoms. The molecule has 1 aromatic rings. The van der Waals surface area contributed by atoms with E-state index in [-0.39, 0.29) is 31.0 Å². The Labute approximate surface area is 136 Å². The minimum atomic E-state index is -0.159. The average molecular weight is 317 g/mol. The summed E-state index contributed by atoms with van der Waals surface area (Å²) in [5, 5.41) is 27.7. The zero-order chi connectivity index (χ0) is 16.8. The van der Waals surface area contributed by atoms with E-state index in [0.717, 1.165) is 6.54 Å². The Hall–Kier alpha value is -1.94. The molecule has 0 radical (unpaired) electrons. The van der Waals surface area contributed by atoms with Crippen molar-refractivity contribution in [3.05, 3.63) is 35.4 Å². The molecule has 1 heterocycles. The van der Waals surface area contributed by atoms with Crippen molar-refractivity contribution in [1.29, 1.82) is 5.26 Å². The van der Waals surface area contributed by atoms with Gasteiger partial charge in [0.15, 0.2) is 0 Å². The van der Waals surface area contributed by atoms with Gasteiger partial charge in [-0.1, -0.05) is 12.1 Å². The normalized spacial score (nSPS) is 20.7. The highest BCUT2D eigenvalue weighted by Crippen LogP contribution is 2.26. The number of carbonyl (C=O) groups is 1. The van der Waals surface area contributed by atoms with Gasteiger partial charge in [0, 0.05) is 38.7 Å². The smallest absolute Gasteiger partial charge is 0.255 e. The van der Waals surface area contributed by atoms with E-state index in [0.29, 0.717) is 30.8 Å². The van der Waals surface area contributed by atoms with Gasteiger partial charge in [-0.15, -0.1) is 0 Å². The molecule has 0 unspecified atom stereocenters. The van der Waals surface area contributed by atoms with Gasteiger partial charge >= 0.3 is 0 Å². The zero-order valence-electron chi connectivity index (χ0n) is 13.4. The van der Waals surface area contributed by atoms with Crippen LogP contribution in [0.2, 0.25) is 0 Å². The zero-order valence-corrected chi connectivity index (χ0v) is 13.4. The van der Waals surface area contributed by atoms with Crippen molar-refractivity contribution in [3.63, 3.8) is 0 Å². The van der Waals surface area contributed by atoms with Gasteiger partial charge in [-0.2, -0.15) is 5.26 Å². The number of amides is 1. The average Bonchev–Trinajstić information content (AvgIpc) is 2.97. The first-order valence-corrected chi connectivity index (χ1v) is 7.79. The Balaban J connectivity index is 2.09. The van der Waals surface area contributed by atoms with Crippen LogP contribution in [-0.2, 0) is 0 Å². The molecule has 6 heteroatoms. The van der Waals surface area contributed by atoms with Gasteiger partial charge in [0.2, 0.25) is 0 Å². The van der Waals surface area contributed by atoms with E-state index < -0.39 is 0 Å². The minimum Gasteiger partial charge on any atom is -0.396 e. The highest BCUT2D eigenvalue weighted by atomic mass is 16.3. The quantitative estimate of drug-likeness (QED) is 0.780. The number of nitrogens with zero attached hydrogens (tertiary/aromatic N) is 3. The molecule has 1 fully saturated rings. The summed E-state index contributed by atoms with van der Waals surface area (Å²) in [5.74, 6) is 0.0250. The van der Waals surface area contributed by atoms with Crippen LogP contribution in [0.1, 0.15) is 15.9 Å². The maximum atomic E-state index is 12.7. The maximum Gasteiger partial charge on any atom is 0.255 e. The van der Waals surface area contributed by atoms with E-state index in [1.165, 1.54) is 0 Å². The van der Waals surface area contributed by atoms with E-state index in [4.69, 9.17) is 10.4 Å².